The van der Waals surface area contributed by atoms with Gasteiger partial charge in [-0.2, -0.15) is 0 Å². The number of hydrogen-bond donors (Lipinski definition) is 1. The van der Waals surface area contributed by atoms with E-state index in [2.05, 4.69) is 4.98 Å². The summed E-state index contributed by atoms with van der Waals surface area (Å²) >= 11 is 0. The van der Waals surface area contributed by atoms with Gasteiger partial charge in [-0.15, -0.1) is 0 Å². The summed E-state index contributed by atoms with van der Waals surface area (Å²) in [6.45, 7) is 8.62. The van der Waals surface area contributed by atoms with E-state index in [4.69, 9.17) is 14.2 Å². The molecule has 0 bridgehead atoms. The summed E-state index contributed by atoms with van der Waals surface area (Å²) < 4.78 is 15.6. The van der Waals surface area contributed by atoms with Gasteiger partial charge < -0.3 is 19.2 Å². The van der Waals surface area contributed by atoms with Gasteiger partial charge in [0, 0.05) is 5.69 Å². The lowest BCUT2D eigenvalue weighted by molar-refractivity contribution is 0.0316. The number of aromatic amines is 1. The summed E-state index contributed by atoms with van der Waals surface area (Å²) in [4.78, 5) is 39.8. The number of aryl methyl sites for hydroxylation is 1. The molecular formula is C21H25NO6. The molecule has 1 aromatic carbocycles. The molecule has 0 aliphatic carbocycles. The Morgan fingerprint density at radius 1 is 0.964 bits per heavy atom. The Labute approximate surface area is 164 Å². The first-order chi connectivity index (χ1) is 13.1. The average molecular weight is 387 g/mol. The molecule has 1 heterocycles. The summed E-state index contributed by atoms with van der Waals surface area (Å²) in [5.74, 6) is -0.933. The van der Waals surface area contributed by atoms with Gasteiger partial charge in [0.2, 0.25) is 5.78 Å². The van der Waals surface area contributed by atoms with Crippen LogP contribution in [0.3, 0.4) is 0 Å². The predicted molar refractivity (Wildman–Crippen MR) is 103 cm³/mol. The molecular weight excluding hydrogens is 362 g/mol. The van der Waals surface area contributed by atoms with E-state index in [1.807, 2.05) is 13.8 Å². The maximum atomic E-state index is 12.7. The first-order valence-electron chi connectivity index (χ1n) is 8.95. The lowest BCUT2D eigenvalue weighted by Gasteiger charge is -2.13. The second-order valence-corrected chi connectivity index (χ2v) is 6.72. The Kier molecular flexibility index (Phi) is 6.62. The fourth-order valence-electron chi connectivity index (χ4n) is 2.83. The average Bonchev–Trinajstić information content (AvgIpc) is 2.94. The second-order valence-electron chi connectivity index (χ2n) is 6.72. The number of nitrogens with one attached hydrogen (secondary N) is 1. The molecule has 0 radical (unpaired) electrons. The van der Waals surface area contributed by atoms with Crippen LogP contribution < -0.4 is 4.74 Å². The zero-order valence-electron chi connectivity index (χ0n) is 16.9. The van der Waals surface area contributed by atoms with Gasteiger partial charge in [0.1, 0.15) is 5.75 Å². The summed E-state index contributed by atoms with van der Waals surface area (Å²) in [5.41, 5.74) is 1.83. The minimum absolute atomic E-state index is 0.0258. The normalized spacial score (nSPS) is 11.8. The number of rotatable bonds is 7. The standard InChI is InChI=1S/C21H25NO6/c1-11(2)27-16-9-7-15(8-10-16)20(24)28-14(5)19(23)18-12(3)17(13(4)22-18)21(25)26-6/h7-11,14,22H,1-6H3/t14-/m0/s1. The molecule has 0 amide bonds. The lowest BCUT2D eigenvalue weighted by Crippen LogP contribution is -2.25. The highest BCUT2D eigenvalue weighted by molar-refractivity contribution is 6.04. The van der Waals surface area contributed by atoms with Gasteiger partial charge >= 0.3 is 11.9 Å². The quantitative estimate of drug-likeness (QED) is 0.576. The van der Waals surface area contributed by atoms with Crippen LogP contribution in [0, 0.1) is 13.8 Å². The third kappa shape index (κ3) is 4.60. The Morgan fingerprint density at radius 3 is 2.11 bits per heavy atom. The number of hydrogen-bond acceptors (Lipinski definition) is 6. The molecule has 0 saturated heterocycles. The Morgan fingerprint density at radius 2 is 1.57 bits per heavy atom. The van der Waals surface area contributed by atoms with E-state index >= 15 is 0 Å². The third-order valence-corrected chi connectivity index (χ3v) is 4.19. The molecule has 0 aliphatic heterocycles. The van der Waals surface area contributed by atoms with Crippen molar-refractivity contribution in [1.82, 2.24) is 4.98 Å². The van der Waals surface area contributed by atoms with E-state index in [1.165, 1.54) is 14.0 Å². The minimum Gasteiger partial charge on any atom is -0.491 e. The molecule has 1 aromatic heterocycles. The first-order valence-corrected chi connectivity index (χ1v) is 8.95. The van der Waals surface area contributed by atoms with Crippen LogP contribution in [0.5, 0.6) is 5.75 Å². The molecule has 7 heteroatoms. The lowest BCUT2D eigenvalue weighted by atomic mass is 10.1. The zero-order chi connectivity index (χ0) is 21.0. The van der Waals surface area contributed by atoms with Crippen molar-refractivity contribution in [2.75, 3.05) is 7.11 Å². The van der Waals surface area contributed by atoms with Crippen molar-refractivity contribution in [1.29, 1.82) is 0 Å². The van der Waals surface area contributed by atoms with Crippen LogP contribution in [0.4, 0.5) is 0 Å². The van der Waals surface area contributed by atoms with Crippen molar-refractivity contribution in [3.05, 3.63) is 52.3 Å². The highest BCUT2D eigenvalue weighted by Gasteiger charge is 2.27. The van der Waals surface area contributed by atoms with Crippen LogP contribution in [0.25, 0.3) is 0 Å². The van der Waals surface area contributed by atoms with E-state index in [0.717, 1.165) is 0 Å². The van der Waals surface area contributed by atoms with Crippen LogP contribution in [-0.4, -0.2) is 42.0 Å². The van der Waals surface area contributed by atoms with E-state index in [1.54, 1.807) is 38.1 Å². The number of methoxy groups -OCH3 is 1. The molecule has 7 nitrogen and oxygen atoms in total. The number of Topliss-reactive ketones (excluding diaryl/α,β-unsaturated/α-hetero) is 1. The van der Waals surface area contributed by atoms with Crippen LogP contribution in [0.15, 0.2) is 24.3 Å². The summed E-state index contributed by atoms with van der Waals surface area (Å²) in [6, 6.07) is 6.50. The van der Waals surface area contributed by atoms with Crippen molar-refractivity contribution in [2.24, 2.45) is 0 Å². The fourth-order valence-corrected chi connectivity index (χ4v) is 2.83. The largest absolute Gasteiger partial charge is 0.491 e. The molecule has 1 N–H and O–H groups in total. The van der Waals surface area contributed by atoms with Crippen LogP contribution in [-0.2, 0) is 9.47 Å². The van der Waals surface area contributed by atoms with Crippen molar-refractivity contribution < 1.29 is 28.6 Å². The van der Waals surface area contributed by atoms with E-state index in [-0.39, 0.29) is 11.8 Å². The molecule has 150 valence electrons. The van der Waals surface area contributed by atoms with Gasteiger partial charge in [-0.1, -0.05) is 0 Å². The molecule has 0 aliphatic rings. The molecule has 28 heavy (non-hydrogen) atoms. The monoisotopic (exact) mass is 387 g/mol. The highest BCUT2D eigenvalue weighted by atomic mass is 16.5. The maximum Gasteiger partial charge on any atom is 0.339 e. The molecule has 0 fully saturated rings. The SMILES string of the molecule is COC(=O)c1c(C)[nH]c(C(=O)[C@H](C)OC(=O)c2ccc(OC(C)C)cc2)c1C. The second kappa shape index (κ2) is 8.73. The Balaban J connectivity index is 2.12. The number of benzene rings is 1. The van der Waals surface area contributed by atoms with Gasteiger partial charge in [0.15, 0.2) is 6.10 Å². The number of H-pyrrole nitrogens is 1. The summed E-state index contributed by atoms with van der Waals surface area (Å²) in [6.07, 6.45) is -1.00. The van der Waals surface area contributed by atoms with Gasteiger partial charge in [0.25, 0.3) is 0 Å². The molecule has 2 aromatic rings. The van der Waals surface area contributed by atoms with Crippen LogP contribution in [0.1, 0.15) is 63.2 Å². The van der Waals surface area contributed by atoms with Gasteiger partial charge in [0.05, 0.1) is 30.0 Å². The van der Waals surface area contributed by atoms with Crippen LogP contribution >= 0.6 is 0 Å². The smallest absolute Gasteiger partial charge is 0.339 e. The Hall–Kier alpha value is -3.09. The van der Waals surface area contributed by atoms with Crippen molar-refractivity contribution in [2.45, 2.75) is 46.8 Å². The topological polar surface area (TPSA) is 94.7 Å². The third-order valence-electron chi connectivity index (χ3n) is 4.19. The molecule has 0 spiro atoms. The van der Waals surface area contributed by atoms with E-state index in [0.29, 0.717) is 28.1 Å². The minimum atomic E-state index is -1.03. The number of carbonyl (C=O) groups is 3. The molecule has 0 saturated carbocycles. The Bertz CT molecular complexity index is 879. The summed E-state index contributed by atoms with van der Waals surface area (Å²) in [5, 5.41) is 0. The van der Waals surface area contributed by atoms with Crippen LogP contribution in [0.2, 0.25) is 0 Å². The molecule has 0 unspecified atom stereocenters. The molecule has 1 atom stereocenters. The number of ether oxygens (including phenoxy) is 3. The van der Waals surface area contributed by atoms with Gasteiger partial charge in [-0.3, -0.25) is 4.79 Å². The van der Waals surface area contributed by atoms with Crippen molar-refractivity contribution in [3.8, 4) is 5.75 Å². The van der Waals surface area contributed by atoms with Gasteiger partial charge in [-0.25, -0.2) is 9.59 Å². The summed E-state index contributed by atoms with van der Waals surface area (Å²) in [7, 11) is 1.28. The number of ketones is 1. The number of esters is 2. The zero-order valence-corrected chi connectivity index (χ0v) is 16.9. The maximum absolute atomic E-state index is 12.7. The first kappa shape index (κ1) is 21.2. The fraction of sp³-hybridized carbons (Fsp3) is 0.381. The predicted octanol–water partition coefficient (Wildman–Crippen LogP) is 3.63. The van der Waals surface area contributed by atoms with E-state index < -0.39 is 23.8 Å². The van der Waals surface area contributed by atoms with Crippen molar-refractivity contribution in [3.63, 3.8) is 0 Å². The number of carbonyl (C=O) groups excluding carboxylic acids is 3. The van der Waals surface area contributed by atoms with E-state index in [9.17, 15) is 14.4 Å². The van der Waals surface area contributed by atoms with Gasteiger partial charge in [-0.05, 0) is 64.4 Å². The number of aromatic nitrogens is 1. The molecule has 2 rings (SSSR count). The van der Waals surface area contributed by atoms with Crippen molar-refractivity contribution >= 4 is 17.7 Å². The highest BCUT2D eigenvalue weighted by Crippen LogP contribution is 2.21.